The predicted octanol–water partition coefficient (Wildman–Crippen LogP) is 4.01. The van der Waals surface area contributed by atoms with Crippen molar-refractivity contribution in [3.63, 3.8) is 0 Å². The molecule has 0 aliphatic rings. The highest BCUT2D eigenvalue weighted by molar-refractivity contribution is 7.92. The number of azo groups is 1. The molecule has 1 heterocycles. The molecule has 3 aromatic rings. The average molecular weight is 412 g/mol. The van der Waals surface area contributed by atoms with Gasteiger partial charge in [0.05, 0.1) is 16.3 Å². The third kappa shape index (κ3) is 4.93. The van der Waals surface area contributed by atoms with Crippen LogP contribution in [-0.2, 0) is 10.0 Å². The van der Waals surface area contributed by atoms with Crippen LogP contribution in [0.3, 0.4) is 0 Å². The van der Waals surface area contributed by atoms with Gasteiger partial charge in [-0.3, -0.25) is 4.72 Å². The molecule has 0 spiro atoms. The minimum absolute atomic E-state index is 0.0246. The van der Waals surface area contributed by atoms with Crippen molar-refractivity contribution in [1.29, 1.82) is 0 Å². The Morgan fingerprint density at radius 2 is 1.66 bits per heavy atom. The van der Waals surface area contributed by atoms with Gasteiger partial charge in [-0.25, -0.2) is 18.2 Å². The zero-order chi connectivity index (χ0) is 21.0. The minimum Gasteiger partial charge on any atom is -0.507 e. The number of carboxylic acid groups (broad SMARTS) is 1. The van der Waals surface area contributed by atoms with Crippen molar-refractivity contribution in [2.45, 2.75) is 11.8 Å². The fraction of sp³-hybridized carbons (Fsp3) is 0.0526. The summed E-state index contributed by atoms with van der Waals surface area (Å²) in [6.45, 7) is 1.85. The van der Waals surface area contributed by atoms with E-state index in [-0.39, 0.29) is 27.7 Å². The lowest BCUT2D eigenvalue weighted by molar-refractivity contribution is 0.0693. The zero-order valence-corrected chi connectivity index (χ0v) is 16.0. The second-order valence-electron chi connectivity index (χ2n) is 6.03. The van der Waals surface area contributed by atoms with Gasteiger partial charge in [-0.2, -0.15) is 10.2 Å². The molecule has 0 unspecified atom stereocenters. The summed E-state index contributed by atoms with van der Waals surface area (Å²) in [6, 6.07) is 12.7. The summed E-state index contributed by atoms with van der Waals surface area (Å²) < 4.78 is 27.2. The van der Waals surface area contributed by atoms with Crippen LogP contribution in [0.4, 0.5) is 17.2 Å². The molecule has 0 amide bonds. The number of nitrogens with zero attached hydrogens (tertiary/aromatic N) is 3. The molecule has 2 aromatic carbocycles. The van der Waals surface area contributed by atoms with Crippen molar-refractivity contribution in [3.8, 4) is 5.75 Å². The molecular weight excluding hydrogens is 396 g/mol. The number of pyridine rings is 1. The van der Waals surface area contributed by atoms with Crippen LogP contribution in [0.5, 0.6) is 5.75 Å². The van der Waals surface area contributed by atoms with E-state index in [0.717, 1.165) is 5.56 Å². The lowest BCUT2D eigenvalue weighted by Gasteiger charge is -2.07. The summed E-state index contributed by atoms with van der Waals surface area (Å²) in [5.41, 5.74) is 1.21. The van der Waals surface area contributed by atoms with E-state index in [9.17, 15) is 18.3 Å². The number of aromatic carboxylic acids is 1. The monoisotopic (exact) mass is 412 g/mol. The van der Waals surface area contributed by atoms with Crippen molar-refractivity contribution in [2.24, 2.45) is 10.2 Å². The number of carbonyl (C=O) groups is 1. The summed E-state index contributed by atoms with van der Waals surface area (Å²) in [7, 11) is -3.81. The molecule has 0 radical (unpaired) electrons. The van der Waals surface area contributed by atoms with Crippen molar-refractivity contribution in [1.82, 2.24) is 4.98 Å². The summed E-state index contributed by atoms with van der Waals surface area (Å²) in [6.07, 6.45) is 1.56. The summed E-state index contributed by atoms with van der Waals surface area (Å²) in [5, 5.41) is 26.3. The Hall–Kier alpha value is -3.79. The molecule has 0 bridgehead atoms. The van der Waals surface area contributed by atoms with Crippen LogP contribution in [0.2, 0.25) is 0 Å². The highest BCUT2D eigenvalue weighted by Gasteiger charge is 2.14. The van der Waals surface area contributed by atoms with Gasteiger partial charge in [0.25, 0.3) is 10.0 Å². The molecule has 0 aliphatic carbocycles. The Kier molecular flexibility index (Phi) is 5.55. The van der Waals surface area contributed by atoms with Gasteiger partial charge in [0.1, 0.15) is 17.1 Å². The topological polar surface area (TPSA) is 141 Å². The maximum atomic E-state index is 12.4. The van der Waals surface area contributed by atoms with Gasteiger partial charge in [0.2, 0.25) is 0 Å². The van der Waals surface area contributed by atoms with E-state index in [2.05, 4.69) is 19.9 Å². The number of aryl methyl sites for hydroxylation is 1. The molecule has 3 N–H and O–H groups in total. The number of hydrogen-bond donors (Lipinski definition) is 3. The van der Waals surface area contributed by atoms with E-state index in [1.54, 1.807) is 18.3 Å². The number of aromatic hydroxyl groups is 1. The van der Waals surface area contributed by atoms with Gasteiger partial charge >= 0.3 is 5.97 Å². The van der Waals surface area contributed by atoms with Gasteiger partial charge in [-0.15, -0.1) is 0 Å². The van der Waals surface area contributed by atoms with Crippen molar-refractivity contribution < 1.29 is 23.4 Å². The minimum atomic E-state index is -3.81. The summed E-state index contributed by atoms with van der Waals surface area (Å²) >= 11 is 0. The normalized spacial score (nSPS) is 11.5. The number of aromatic nitrogens is 1. The summed E-state index contributed by atoms with van der Waals surface area (Å²) in [5.74, 6) is -1.45. The van der Waals surface area contributed by atoms with Crippen LogP contribution in [0.15, 0.2) is 75.9 Å². The van der Waals surface area contributed by atoms with Crippen LogP contribution in [-0.4, -0.2) is 29.6 Å². The van der Waals surface area contributed by atoms with Crippen LogP contribution < -0.4 is 4.72 Å². The van der Waals surface area contributed by atoms with E-state index < -0.39 is 16.0 Å². The number of sulfonamides is 1. The van der Waals surface area contributed by atoms with Crippen molar-refractivity contribution >= 4 is 33.2 Å². The Balaban J connectivity index is 1.76. The van der Waals surface area contributed by atoms with Gasteiger partial charge in [0.15, 0.2) is 0 Å². The second kappa shape index (κ2) is 8.07. The first kappa shape index (κ1) is 20.0. The van der Waals surface area contributed by atoms with Crippen molar-refractivity contribution in [2.75, 3.05) is 4.72 Å². The number of phenols is 1. The first-order chi connectivity index (χ1) is 13.7. The van der Waals surface area contributed by atoms with Crippen LogP contribution in [0.25, 0.3) is 0 Å². The molecule has 0 aliphatic heterocycles. The first-order valence-corrected chi connectivity index (χ1v) is 9.76. The van der Waals surface area contributed by atoms with E-state index in [1.807, 2.05) is 6.92 Å². The zero-order valence-electron chi connectivity index (χ0n) is 15.1. The Morgan fingerprint density at radius 1 is 1.00 bits per heavy atom. The standard InChI is InChI=1S/C19H16N4O5S/c1-12-2-9-18(20-11-12)23-29(27,28)15-6-3-13(4-7-15)21-22-14-5-8-17(24)16(10-14)19(25)26/h2-11,24H,1H3,(H,20,23)(H,25,26). The third-order valence-corrected chi connectivity index (χ3v) is 5.16. The molecule has 148 valence electrons. The second-order valence-corrected chi connectivity index (χ2v) is 7.71. The largest absolute Gasteiger partial charge is 0.507 e. The third-order valence-electron chi connectivity index (χ3n) is 3.79. The number of benzene rings is 2. The molecule has 0 atom stereocenters. The van der Waals surface area contributed by atoms with Crippen LogP contribution >= 0.6 is 0 Å². The van der Waals surface area contributed by atoms with E-state index in [1.165, 1.54) is 42.5 Å². The van der Waals surface area contributed by atoms with Crippen molar-refractivity contribution in [3.05, 3.63) is 71.9 Å². The highest BCUT2D eigenvalue weighted by atomic mass is 32.2. The molecule has 0 fully saturated rings. The molecule has 10 heteroatoms. The van der Waals surface area contributed by atoms with Gasteiger partial charge < -0.3 is 10.2 Å². The molecule has 29 heavy (non-hydrogen) atoms. The maximum Gasteiger partial charge on any atom is 0.339 e. The van der Waals surface area contributed by atoms with Gasteiger partial charge in [0, 0.05) is 6.20 Å². The maximum absolute atomic E-state index is 12.4. The summed E-state index contributed by atoms with van der Waals surface area (Å²) in [4.78, 5) is 15.1. The number of carboxylic acids is 1. The fourth-order valence-electron chi connectivity index (χ4n) is 2.29. The van der Waals surface area contributed by atoms with Gasteiger partial charge in [-0.1, -0.05) is 6.07 Å². The van der Waals surface area contributed by atoms with Gasteiger partial charge in [-0.05, 0) is 61.0 Å². The first-order valence-electron chi connectivity index (χ1n) is 8.28. The number of rotatable bonds is 6. The number of anilines is 1. The molecular formula is C19H16N4O5S. The average Bonchev–Trinajstić information content (AvgIpc) is 2.69. The SMILES string of the molecule is Cc1ccc(NS(=O)(=O)c2ccc(N=Nc3ccc(O)c(C(=O)O)c3)cc2)nc1. The van der Waals surface area contributed by atoms with E-state index in [0.29, 0.717) is 5.69 Å². The highest BCUT2D eigenvalue weighted by Crippen LogP contribution is 2.26. The Morgan fingerprint density at radius 3 is 2.28 bits per heavy atom. The number of hydrogen-bond acceptors (Lipinski definition) is 7. The number of nitrogens with one attached hydrogen (secondary N) is 1. The molecule has 0 saturated carbocycles. The van der Waals surface area contributed by atoms with E-state index in [4.69, 9.17) is 5.11 Å². The molecule has 1 aromatic heterocycles. The molecule has 0 saturated heterocycles. The van der Waals surface area contributed by atoms with Crippen LogP contribution in [0.1, 0.15) is 15.9 Å². The van der Waals surface area contributed by atoms with Crippen LogP contribution in [0, 0.1) is 6.92 Å². The molecule has 3 rings (SSSR count). The quantitative estimate of drug-likeness (QED) is 0.522. The smallest absolute Gasteiger partial charge is 0.339 e. The lowest BCUT2D eigenvalue weighted by Crippen LogP contribution is -2.13. The fourth-order valence-corrected chi connectivity index (χ4v) is 3.30. The Labute approximate surface area is 166 Å². The lowest BCUT2D eigenvalue weighted by atomic mass is 10.2. The Bertz CT molecular complexity index is 1170. The predicted molar refractivity (Wildman–Crippen MR) is 105 cm³/mol. The molecule has 9 nitrogen and oxygen atoms in total. The van der Waals surface area contributed by atoms with E-state index >= 15 is 0 Å².